The molecule has 1 aliphatic carbocycles. The highest BCUT2D eigenvalue weighted by molar-refractivity contribution is 7.16. The summed E-state index contributed by atoms with van der Waals surface area (Å²) in [5.74, 6) is -0.00258. The van der Waals surface area contributed by atoms with Gasteiger partial charge >= 0.3 is 0 Å². The number of nitrogens with one attached hydrogen (secondary N) is 1. The molecule has 1 aliphatic rings. The van der Waals surface area contributed by atoms with Crippen molar-refractivity contribution in [3.8, 4) is 0 Å². The number of halogens is 1. The number of hydrogen-bond donors (Lipinski definition) is 1. The van der Waals surface area contributed by atoms with E-state index in [0.29, 0.717) is 10.8 Å². The summed E-state index contributed by atoms with van der Waals surface area (Å²) in [5.41, 5.74) is 3.66. The predicted molar refractivity (Wildman–Crippen MR) is 93.0 cm³/mol. The number of carbonyl (C=O) groups excluding carboxylic acids is 1. The molecule has 3 aromatic rings. The van der Waals surface area contributed by atoms with Gasteiger partial charge in [0.05, 0.1) is 10.8 Å². The minimum absolute atomic E-state index is 0.00258. The van der Waals surface area contributed by atoms with Crippen LogP contribution in [0.2, 0.25) is 4.34 Å². The molecule has 0 radical (unpaired) electrons. The van der Waals surface area contributed by atoms with E-state index in [1.807, 2.05) is 18.2 Å². The number of anilines is 1. The van der Waals surface area contributed by atoms with Crippen LogP contribution in [0.4, 0.5) is 5.69 Å². The summed E-state index contributed by atoms with van der Waals surface area (Å²) < 4.78 is 0.716. The first-order chi connectivity index (χ1) is 10.7. The van der Waals surface area contributed by atoms with Gasteiger partial charge in [-0.25, -0.2) is 0 Å². The van der Waals surface area contributed by atoms with Crippen molar-refractivity contribution in [3.05, 3.63) is 62.8 Å². The van der Waals surface area contributed by atoms with Crippen molar-refractivity contribution >= 4 is 45.3 Å². The van der Waals surface area contributed by atoms with Crippen LogP contribution in [0.1, 0.15) is 16.0 Å². The molecule has 0 atom stereocenters. The monoisotopic (exact) mass is 327 g/mol. The molecular weight excluding hydrogens is 314 g/mol. The maximum atomic E-state index is 12.3. The number of aryl methyl sites for hydroxylation is 2. The number of benzene rings is 2. The molecule has 4 rings (SSSR count). The van der Waals surface area contributed by atoms with Gasteiger partial charge in [-0.3, -0.25) is 4.79 Å². The van der Waals surface area contributed by atoms with Crippen molar-refractivity contribution in [3.63, 3.8) is 0 Å². The third kappa shape index (κ3) is 2.40. The summed E-state index contributed by atoms with van der Waals surface area (Å²) in [4.78, 5) is 13.3. The third-order valence-corrected chi connectivity index (χ3v) is 5.35. The van der Waals surface area contributed by atoms with Gasteiger partial charge in [0.1, 0.15) is 0 Å². The van der Waals surface area contributed by atoms with Crippen LogP contribution in [0, 0.1) is 0 Å². The van der Waals surface area contributed by atoms with E-state index in [2.05, 4.69) is 29.6 Å². The van der Waals surface area contributed by atoms with Gasteiger partial charge in [0, 0.05) is 16.0 Å². The lowest BCUT2D eigenvalue weighted by molar-refractivity contribution is -0.115. The number of carbonyl (C=O) groups is 1. The lowest BCUT2D eigenvalue weighted by Crippen LogP contribution is -2.14. The van der Waals surface area contributed by atoms with E-state index in [0.717, 1.165) is 28.8 Å². The Kier molecular flexibility index (Phi) is 3.40. The highest BCUT2D eigenvalue weighted by atomic mass is 35.5. The smallest absolute Gasteiger partial charge is 0.229 e. The van der Waals surface area contributed by atoms with E-state index >= 15 is 0 Å². The summed E-state index contributed by atoms with van der Waals surface area (Å²) in [7, 11) is 0. The Bertz CT molecular complexity index is 874. The Morgan fingerprint density at radius 1 is 1.09 bits per heavy atom. The molecule has 1 heterocycles. The molecule has 2 aromatic carbocycles. The summed E-state index contributed by atoms with van der Waals surface area (Å²) >= 11 is 7.36. The summed E-state index contributed by atoms with van der Waals surface area (Å²) in [6, 6.07) is 14.2. The minimum atomic E-state index is -0.00258. The van der Waals surface area contributed by atoms with Crippen molar-refractivity contribution < 1.29 is 4.79 Å². The molecule has 1 amide bonds. The third-order valence-electron chi connectivity index (χ3n) is 4.11. The number of thiophene rings is 1. The SMILES string of the molecule is O=C(Cc1ccc(Cl)s1)Nc1ccc2c3c(cccc13)CC2. The van der Waals surface area contributed by atoms with Gasteiger partial charge in [0.15, 0.2) is 0 Å². The molecule has 0 fully saturated rings. The second-order valence-corrected chi connectivity index (χ2v) is 7.34. The van der Waals surface area contributed by atoms with Gasteiger partial charge in [-0.1, -0.05) is 35.9 Å². The van der Waals surface area contributed by atoms with Crippen LogP contribution in [0.5, 0.6) is 0 Å². The van der Waals surface area contributed by atoms with Gasteiger partial charge in [-0.2, -0.15) is 0 Å². The number of rotatable bonds is 3. The fourth-order valence-electron chi connectivity index (χ4n) is 3.16. The largest absolute Gasteiger partial charge is 0.325 e. The molecule has 4 heteroatoms. The molecule has 0 saturated heterocycles. The van der Waals surface area contributed by atoms with Gasteiger partial charge < -0.3 is 5.32 Å². The van der Waals surface area contributed by atoms with Crippen molar-refractivity contribution in [2.24, 2.45) is 0 Å². The quantitative estimate of drug-likeness (QED) is 0.733. The Morgan fingerprint density at radius 2 is 1.91 bits per heavy atom. The second kappa shape index (κ2) is 5.41. The average molecular weight is 328 g/mol. The molecule has 0 bridgehead atoms. The van der Waals surface area contributed by atoms with Crippen LogP contribution in [-0.4, -0.2) is 5.91 Å². The maximum Gasteiger partial charge on any atom is 0.229 e. The van der Waals surface area contributed by atoms with Crippen LogP contribution in [0.3, 0.4) is 0 Å². The molecular formula is C18H14ClNOS. The van der Waals surface area contributed by atoms with Crippen LogP contribution in [0.15, 0.2) is 42.5 Å². The van der Waals surface area contributed by atoms with Crippen LogP contribution in [0.25, 0.3) is 10.8 Å². The lowest BCUT2D eigenvalue weighted by atomic mass is 10.0. The van der Waals surface area contributed by atoms with Crippen molar-refractivity contribution in [1.29, 1.82) is 0 Å². The van der Waals surface area contributed by atoms with E-state index in [-0.39, 0.29) is 5.91 Å². The minimum Gasteiger partial charge on any atom is -0.325 e. The van der Waals surface area contributed by atoms with Crippen molar-refractivity contribution in [2.75, 3.05) is 5.32 Å². The van der Waals surface area contributed by atoms with Crippen LogP contribution in [-0.2, 0) is 24.1 Å². The maximum absolute atomic E-state index is 12.3. The van der Waals surface area contributed by atoms with E-state index in [1.54, 1.807) is 0 Å². The first-order valence-electron chi connectivity index (χ1n) is 7.28. The zero-order chi connectivity index (χ0) is 15.1. The van der Waals surface area contributed by atoms with E-state index in [1.165, 1.54) is 27.8 Å². The Hall–Kier alpha value is -1.84. The van der Waals surface area contributed by atoms with Crippen molar-refractivity contribution in [2.45, 2.75) is 19.3 Å². The highest BCUT2D eigenvalue weighted by Crippen LogP contribution is 2.35. The summed E-state index contributed by atoms with van der Waals surface area (Å²) in [6.45, 7) is 0. The number of amides is 1. The second-order valence-electron chi connectivity index (χ2n) is 5.54. The summed E-state index contributed by atoms with van der Waals surface area (Å²) in [5, 5.41) is 5.51. The Morgan fingerprint density at radius 3 is 2.68 bits per heavy atom. The predicted octanol–water partition coefficient (Wildman–Crippen LogP) is 4.83. The highest BCUT2D eigenvalue weighted by Gasteiger charge is 2.16. The lowest BCUT2D eigenvalue weighted by Gasteiger charge is -2.10. The normalized spacial score (nSPS) is 12.8. The first kappa shape index (κ1) is 13.8. The van der Waals surface area contributed by atoms with Crippen molar-refractivity contribution in [1.82, 2.24) is 0 Å². The fourth-order valence-corrected chi connectivity index (χ4v) is 4.24. The summed E-state index contributed by atoms with van der Waals surface area (Å²) in [6.07, 6.45) is 2.55. The topological polar surface area (TPSA) is 29.1 Å². The fraction of sp³-hybridized carbons (Fsp3) is 0.167. The molecule has 0 spiro atoms. The molecule has 1 N–H and O–H groups in total. The number of hydrogen-bond acceptors (Lipinski definition) is 2. The van der Waals surface area contributed by atoms with Gasteiger partial charge in [0.25, 0.3) is 0 Å². The first-order valence-corrected chi connectivity index (χ1v) is 8.48. The standard InChI is InChI=1S/C18H14ClNOS/c19-16-9-7-13(22-16)10-17(21)20-15-8-6-12-5-4-11-2-1-3-14(15)18(11)12/h1-3,6-9H,4-5,10H2,(H,20,21). The van der Waals surface area contributed by atoms with E-state index < -0.39 is 0 Å². The molecule has 0 saturated carbocycles. The molecule has 2 nitrogen and oxygen atoms in total. The molecule has 0 unspecified atom stereocenters. The molecule has 110 valence electrons. The van der Waals surface area contributed by atoms with Gasteiger partial charge in [-0.05, 0) is 47.6 Å². The Labute approximate surface area is 137 Å². The molecule has 0 aliphatic heterocycles. The van der Waals surface area contributed by atoms with Crippen LogP contribution >= 0.6 is 22.9 Å². The van der Waals surface area contributed by atoms with Gasteiger partial charge in [0.2, 0.25) is 5.91 Å². The van der Waals surface area contributed by atoms with Gasteiger partial charge in [-0.15, -0.1) is 11.3 Å². The van der Waals surface area contributed by atoms with Crippen LogP contribution < -0.4 is 5.32 Å². The molecule has 22 heavy (non-hydrogen) atoms. The average Bonchev–Trinajstić information content (AvgIpc) is 3.10. The van der Waals surface area contributed by atoms with E-state index in [9.17, 15) is 4.79 Å². The molecule has 1 aromatic heterocycles. The zero-order valence-corrected chi connectivity index (χ0v) is 13.4. The Balaban J connectivity index is 1.63. The zero-order valence-electron chi connectivity index (χ0n) is 11.9. The van der Waals surface area contributed by atoms with E-state index in [4.69, 9.17) is 11.6 Å².